The fourth-order valence-electron chi connectivity index (χ4n) is 0.518. The molecule has 8 nitrogen and oxygen atoms in total. The summed E-state index contributed by atoms with van der Waals surface area (Å²) in [6, 6.07) is 3.16. The maximum atomic E-state index is 10.7. The molecule has 1 aromatic rings. The number of aromatic nitrogens is 2. The Morgan fingerprint density at radius 2 is 2.29 bits per heavy atom. The first-order valence-electron chi connectivity index (χ1n) is 3.30. The van der Waals surface area contributed by atoms with E-state index in [9.17, 15) is 9.59 Å². The van der Waals surface area contributed by atoms with Crippen molar-refractivity contribution >= 4 is 18.2 Å². The van der Waals surface area contributed by atoms with Gasteiger partial charge in [-0.3, -0.25) is 4.84 Å². The van der Waals surface area contributed by atoms with E-state index in [1.54, 1.807) is 6.01 Å². The summed E-state index contributed by atoms with van der Waals surface area (Å²) in [7, 11) is 0. The summed E-state index contributed by atoms with van der Waals surface area (Å²) in [4.78, 5) is 31.4. The SMILES string of the molecule is O=C(O)N=C=NC(=O)On1cccn1. The first kappa shape index (κ1) is 9.62. The summed E-state index contributed by atoms with van der Waals surface area (Å²) in [6.45, 7) is 0. The third-order valence-electron chi connectivity index (χ3n) is 0.939. The molecule has 0 radical (unpaired) electrons. The van der Waals surface area contributed by atoms with Gasteiger partial charge in [-0.05, 0) is 6.07 Å². The summed E-state index contributed by atoms with van der Waals surface area (Å²) in [5.74, 6) is 0. The van der Waals surface area contributed by atoms with Crippen LogP contribution in [0, 0.1) is 0 Å². The quantitative estimate of drug-likeness (QED) is 0.649. The van der Waals surface area contributed by atoms with Crippen molar-refractivity contribution in [1.82, 2.24) is 9.94 Å². The number of carbonyl (C=O) groups excluding carboxylic acids is 1. The van der Waals surface area contributed by atoms with Gasteiger partial charge >= 0.3 is 12.2 Å². The lowest BCUT2D eigenvalue weighted by Gasteiger charge is -1.94. The van der Waals surface area contributed by atoms with Crippen LogP contribution in [-0.4, -0.2) is 33.2 Å². The highest BCUT2D eigenvalue weighted by molar-refractivity contribution is 5.80. The van der Waals surface area contributed by atoms with Gasteiger partial charge in [0.05, 0.1) is 12.4 Å². The third kappa shape index (κ3) is 3.28. The maximum Gasteiger partial charge on any atom is 0.469 e. The molecule has 72 valence electrons. The lowest BCUT2D eigenvalue weighted by atomic mass is 10.8. The molecule has 14 heavy (non-hydrogen) atoms. The van der Waals surface area contributed by atoms with Gasteiger partial charge in [0.25, 0.3) is 0 Å². The molecule has 0 aliphatic rings. The fourth-order valence-corrected chi connectivity index (χ4v) is 0.518. The van der Waals surface area contributed by atoms with Gasteiger partial charge in [0.1, 0.15) is 6.01 Å². The van der Waals surface area contributed by atoms with Crippen molar-refractivity contribution in [2.75, 3.05) is 0 Å². The molecule has 1 N–H and O–H groups in total. The van der Waals surface area contributed by atoms with Gasteiger partial charge in [0, 0.05) is 0 Å². The smallest absolute Gasteiger partial charge is 0.463 e. The number of carbonyl (C=O) groups is 2. The minimum absolute atomic E-state index is 0.855. The van der Waals surface area contributed by atoms with Crippen molar-refractivity contribution in [2.45, 2.75) is 0 Å². The molecular formula is C6H4N4O4. The van der Waals surface area contributed by atoms with Crippen LogP contribution in [0.4, 0.5) is 9.59 Å². The fraction of sp³-hybridized carbons (Fsp3) is 0. The summed E-state index contributed by atoms with van der Waals surface area (Å²) in [5, 5.41) is 11.6. The highest BCUT2D eigenvalue weighted by Gasteiger charge is 1.99. The van der Waals surface area contributed by atoms with Crippen molar-refractivity contribution in [3.05, 3.63) is 18.5 Å². The second-order valence-corrected chi connectivity index (χ2v) is 1.87. The van der Waals surface area contributed by atoms with Gasteiger partial charge in [-0.1, -0.05) is 4.85 Å². The molecule has 0 aliphatic carbocycles. The lowest BCUT2D eigenvalue weighted by Crippen LogP contribution is -2.16. The zero-order chi connectivity index (χ0) is 10.4. The van der Waals surface area contributed by atoms with Gasteiger partial charge in [-0.15, -0.1) is 15.1 Å². The second-order valence-electron chi connectivity index (χ2n) is 1.87. The summed E-state index contributed by atoms with van der Waals surface area (Å²) >= 11 is 0. The normalized spacial score (nSPS) is 8.57. The van der Waals surface area contributed by atoms with Crippen LogP contribution in [0.2, 0.25) is 0 Å². The van der Waals surface area contributed by atoms with Crippen LogP contribution in [0.1, 0.15) is 0 Å². The van der Waals surface area contributed by atoms with E-state index in [0.29, 0.717) is 0 Å². The van der Waals surface area contributed by atoms with E-state index in [1.165, 1.54) is 18.5 Å². The number of nitrogens with zero attached hydrogens (tertiary/aromatic N) is 4. The molecule has 8 heteroatoms. The van der Waals surface area contributed by atoms with E-state index < -0.39 is 12.2 Å². The molecular weight excluding hydrogens is 192 g/mol. The van der Waals surface area contributed by atoms with Crippen molar-refractivity contribution in [2.24, 2.45) is 9.98 Å². The molecule has 0 saturated heterocycles. The average molecular weight is 196 g/mol. The van der Waals surface area contributed by atoms with Crippen molar-refractivity contribution < 1.29 is 19.5 Å². The standard InChI is InChI=1S/C6H4N4O4/c11-5(12)7-4-8-6(13)14-10-3-1-2-9-10/h1-3H,(H,11,12). The van der Waals surface area contributed by atoms with Crippen LogP contribution in [0.5, 0.6) is 0 Å². The van der Waals surface area contributed by atoms with Gasteiger partial charge in [0.2, 0.25) is 0 Å². The first-order valence-corrected chi connectivity index (χ1v) is 3.30. The van der Waals surface area contributed by atoms with Crippen molar-refractivity contribution in [3.8, 4) is 0 Å². The predicted molar refractivity (Wildman–Crippen MR) is 42.1 cm³/mol. The molecule has 0 spiro atoms. The Bertz CT molecular complexity index is 390. The van der Waals surface area contributed by atoms with Crippen LogP contribution in [0.25, 0.3) is 0 Å². The Labute approximate surface area is 77.1 Å². The van der Waals surface area contributed by atoms with Crippen LogP contribution in [0.15, 0.2) is 28.4 Å². The predicted octanol–water partition coefficient (Wildman–Crippen LogP) is 0.284. The third-order valence-corrected chi connectivity index (χ3v) is 0.939. The summed E-state index contributed by atoms with van der Waals surface area (Å²) in [5.41, 5.74) is 0. The van der Waals surface area contributed by atoms with E-state index >= 15 is 0 Å². The van der Waals surface area contributed by atoms with Gasteiger partial charge in [0.15, 0.2) is 0 Å². The van der Waals surface area contributed by atoms with Gasteiger partial charge < -0.3 is 5.11 Å². The Morgan fingerprint density at radius 3 is 2.86 bits per heavy atom. The molecule has 0 fully saturated rings. The Morgan fingerprint density at radius 1 is 1.50 bits per heavy atom. The summed E-state index contributed by atoms with van der Waals surface area (Å²) < 4.78 is 0. The van der Waals surface area contributed by atoms with E-state index in [4.69, 9.17) is 5.11 Å². The molecule has 0 aromatic carbocycles. The second kappa shape index (κ2) is 4.53. The molecule has 0 unspecified atom stereocenters. The van der Waals surface area contributed by atoms with E-state index in [1.807, 2.05) is 0 Å². The molecule has 1 heterocycles. The molecule has 1 aromatic heterocycles. The van der Waals surface area contributed by atoms with E-state index in [2.05, 4.69) is 19.9 Å². The van der Waals surface area contributed by atoms with E-state index in [-0.39, 0.29) is 0 Å². The average Bonchev–Trinajstić information content (AvgIpc) is 2.56. The number of hydrogen-bond acceptors (Lipinski definition) is 4. The highest BCUT2D eigenvalue weighted by atomic mass is 16.7. The zero-order valence-corrected chi connectivity index (χ0v) is 6.69. The Balaban J connectivity index is 2.52. The topological polar surface area (TPSA) is 106 Å². The number of aliphatic imine (C=N–C) groups is 2. The van der Waals surface area contributed by atoms with Crippen LogP contribution >= 0.6 is 0 Å². The number of carboxylic acid groups (broad SMARTS) is 1. The Hall–Kier alpha value is -2.47. The van der Waals surface area contributed by atoms with Crippen LogP contribution in [-0.2, 0) is 0 Å². The molecule has 0 aliphatic heterocycles. The van der Waals surface area contributed by atoms with Gasteiger partial charge in [-0.2, -0.15) is 0 Å². The largest absolute Gasteiger partial charge is 0.469 e. The molecule has 0 atom stereocenters. The van der Waals surface area contributed by atoms with Crippen LogP contribution in [0.3, 0.4) is 0 Å². The first-order chi connectivity index (χ1) is 6.68. The number of amides is 2. The minimum Gasteiger partial charge on any atom is -0.463 e. The van der Waals surface area contributed by atoms with Crippen LogP contribution < -0.4 is 4.84 Å². The monoisotopic (exact) mass is 196 g/mol. The minimum atomic E-state index is -1.50. The molecule has 2 amide bonds. The number of rotatable bonds is 1. The van der Waals surface area contributed by atoms with Crippen molar-refractivity contribution in [3.63, 3.8) is 0 Å². The molecule has 0 bridgehead atoms. The van der Waals surface area contributed by atoms with Gasteiger partial charge in [-0.25, -0.2) is 9.59 Å². The lowest BCUT2D eigenvalue weighted by molar-refractivity contribution is 0.126. The van der Waals surface area contributed by atoms with Crippen molar-refractivity contribution in [1.29, 1.82) is 0 Å². The molecule has 0 saturated carbocycles. The van der Waals surface area contributed by atoms with E-state index in [0.717, 1.165) is 4.85 Å². The Kier molecular flexibility index (Phi) is 3.11. The molecule has 1 rings (SSSR count). The zero-order valence-electron chi connectivity index (χ0n) is 6.69. The number of hydrogen-bond donors (Lipinski definition) is 1. The maximum absolute atomic E-state index is 10.7. The highest BCUT2D eigenvalue weighted by Crippen LogP contribution is 1.82. The summed E-state index contributed by atoms with van der Waals surface area (Å²) in [6.07, 6.45) is 0.184.